The topological polar surface area (TPSA) is 78.5 Å². The van der Waals surface area contributed by atoms with Gasteiger partial charge in [0.1, 0.15) is 0 Å². The molecule has 1 amide bonds. The lowest BCUT2D eigenvalue weighted by Gasteiger charge is -2.19. The van der Waals surface area contributed by atoms with Crippen LogP contribution in [0.4, 0.5) is 11.4 Å². The predicted molar refractivity (Wildman–Crippen MR) is 120 cm³/mol. The Morgan fingerprint density at radius 1 is 0.933 bits per heavy atom. The highest BCUT2D eigenvalue weighted by Gasteiger charge is 2.17. The maximum atomic E-state index is 12.7. The summed E-state index contributed by atoms with van der Waals surface area (Å²) in [6, 6.07) is 23.0. The fourth-order valence-corrected chi connectivity index (χ4v) is 4.12. The van der Waals surface area contributed by atoms with E-state index in [0.717, 1.165) is 11.3 Å². The second-order valence-electron chi connectivity index (χ2n) is 6.96. The Hall–Kier alpha value is -3.32. The van der Waals surface area contributed by atoms with Crippen molar-refractivity contribution in [3.05, 3.63) is 90.0 Å². The van der Waals surface area contributed by atoms with Crippen molar-refractivity contribution < 1.29 is 13.2 Å². The number of carbonyl (C=O) groups is 1. The van der Waals surface area contributed by atoms with Crippen LogP contribution in [0.15, 0.2) is 83.8 Å². The number of amides is 1. The lowest BCUT2D eigenvalue weighted by Crippen LogP contribution is -2.33. The van der Waals surface area contributed by atoms with Crippen LogP contribution in [-0.4, -0.2) is 34.5 Å². The van der Waals surface area contributed by atoms with Crippen molar-refractivity contribution in [2.75, 3.05) is 29.8 Å². The van der Waals surface area contributed by atoms with Crippen LogP contribution in [0, 0.1) is 6.92 Å². The van der Waals surface area contributed by atoms with Crippen LogP contribution in [-0.2, 0) is 10.0 Å². The molecule has 0 spiro atoms. The maximum Gasteiger partial charge on any atom is 0.261 e. The lowest BCUT2D eigenvalue weighted by atomic mass is 10.2. The Bertz CT molecular complexity index is 1120. The molecule has 0 unspecified atom stereocenters. The third kappa shape index (κ3) is 5.39. The van der Waals surface area contributed by atoms with Crippen LogP contribution in [0.5, 0.6) is 0 Å². The molecule has 156 valence electrons. The molecular weight excluding hydrogens is 398 g/mol. The normalized spacial score (nSPS) is 11.0. The van der Waals surface area contributed by atoms with Crippen molar-refractivity contribution in [3.8, 4) is 0 Å². The Morgan fingerprint density at radius 3 is 2.37 bits per heavy atom. The molecular formula is C23H25N3O3S. The third-order valence-corrected chi connectivity index (χ3v) is 6.09. The van der Waals surface area contributed by atoms with Crippen LogP contribution in [0.25, 0.3) is 0 Å². The van der Waals surface area contributed by atoms with Crippen molar-refractivity contribution >= 4 is 27.3 Å². The minimum atomic E-state index is -3.80. The molecule has 0 aromatic heterocycles. The van der Waals surface area contributed by atoms with E-state index < -0.39 is 10.0 Å². The van der Waals surface area contributed by atoms with Crippen LogP contribution >= 0.6 is 0 Å². The van der Waals surface area contributed by atoms with Gasteiger partial charge < -0.3 is 10.2 Å². The molecule has 2 N–H and O–H groups in total. The standard InChI is InChI=1S/C23H25N3O3S/c1-18-9-6-7-14-22(18)25-30(28,29)21-13-8-10-19(17-21)23(27)24-15-16-26(2)20-11-4-3-5-12-20/h3-14,17,25H,15-16H2,1-2H3,(H,24,27). The molecule has 0 fully saturated rings. The number of carbonyl (C=O) groups excluding carboxylic acids is 1. The van der Waals surface area contributed by atoms with Gasteiger partial charge >= 0.3 is 0 Å². The van der Waals surface area contributed by atoms with Crippen LogP contribution in [0.1, 0.15) is 15.9 Å². The molecule has 3 aromatic rings. The molecule has 7 heteroatoms. The first-order valence-electron chi connectivity index (χ1n) is 9.60. The number of anilines is 2. The van der Waals surface area contributed by atoms with Crippen molar-refractivity contribution in [1.29, 1.82) is 0 Å². The number of nitrogens with zero attached hydrogens (tertiary/aromatic N) is 1. The number of hydrogen-bond donors (Lipinski definition) is 2. The smallest absolute Gasteiger partial charge is 0.261 e. The second kappa shape index (κ2) is 9.45. The van der Waals surface area contributed by atoms with Gasteiger partial charge in [-0.05, 0) is 48.9 Å². The summed E-state index contributed by atoms with van der Waals surface area (Å²) in [6.07, 6.45) is 0. The number of likely N-dealkylation sites (N-methyl/N-ethyl adjacent to an activating group) is 1. The minimum absolute atomic E-state index is 0.0415. The van der Waals surface area contributed by atoms with E-state index in [2.05, 4.69) is 10.0 Å². The van der Waals surface area contributed by atoms with Crippen molar-refractivity contribution in [2.45, 2.75) is 11.8 Å². The van der Waals surface area contributed by atoms with Crippen LogP contribution in [0.2, 0.25) is 0 Å². The number of para-hydroxylation sites is 2. The van der Waals surface area contributed by atoms with Gasteiger partial charge in [0.2, 0.25) is 0 Å². The van der Waals surface area contributed by atoms with E-state index in [0.29, 0.717) is 24.3 Å². The molecule has 0 radical (unpaired) electrons. The van der Waals surface area contributed by atoms with Crippen LogP contribution < -0.4 is 14.9 Å². The van der Waals surface area contributed by atoms with Gasteiger partial charge in [-0.15, -0.1) is 0 Å². The first kappa shape index (κ1) is 21.4. The second-order valence-corrected chi connectivity index (χ2v) is 8.64. The molecule has 6 nitrogen and oxygen atoms in total. The number of rotatable bonds is 8. The summed E-state index contributed by atoms with van der Waals surface area (Å²) in [4.78, 5) is 14.6. The fraction of sp³-hybridized carbons (Fsp3) is 0.174. The summed E-state index contributed by atoms with van der Waals surface area (Å²) in [5.74, 6) is -0.315. The van der Waals surface area contributed by atoms with Gasteiger partial charge in [-0.1, -0.05) is 42.5 Å². The van der Waals surface area contributed by atoms with E-state index >= 15 is 0 Å². The summed E-state index contributed by atoms with van der Waals surface area (Å²) in [6.45, 7) is 2.89. The lowest BCUT2D eigenvalue weighted by molar-refractivity contribution is 0.0954. The van der Waals surface area contributed by atoms with Gasteiger partial charge in [-0.25, -0.2) is 8.42 Å². The number of nitrogens with one attached hydrogen (secondary N) is 2. The highest BCUT2D eigenvalue weighted by atomic mass is 32.2. The van der Waals surface area contributed by atoms with Gasteiger partial charge in [-0.3, -0.25) is 9.52 Å². The fourth-order valence-electron chi connectivity index (χ4n) is 2.95. The van der Waals surface area contributed by atoms with Crippen molar-refractivity contribution in [3.63, 3.8) is 0 Å². The third-order valence-electron chi connectivity index (χ3n) is 4.73. The van der Waals surface area contributed by atoms with Crippen molar-refractivity contribution in [1.82, 2.24) is 5.32 Å². The Balaban J connectivity index is 1.64. The van der Waals surface area contributed by atoms with E-state index in [-0.39, 0.29) is 10.8 Å². The molecule has 0 heterocycles. The highest BCUT2D eigenvalue weighted by molar-refractivity contribution is 7.92. The summed E-state index contributed by atoms with van der Waals surface area (Å²) in [5.41, 5.74) is 2.68. The quantitative estimate of drug-likeness (QED) is 0.580. The molecule has 0 saturated heterocycles. The molecule has 30 heavy (non-hydrogen) atoms. The van der Waals surface area contributed by atoms with E-state index in [1.807, 2.05) is 61.3 Å². The van der Waals surface area contributed by atoms with E-state index in [1.54, 1.807) is 24.3 Å². The number of sulfonamides is 1. The summed E-state index contributed by atoms with van der Waals surface area (Å²) < 4.78 is 28.1. The van der Waals surface area contributed by atoms with Crippen LogP contribution in [0.3, 0.4) is 0 Å². The number of aryl methyl sites for hydroxylation is 1. The molecule has 3 rings (SSSR count). The summed E-state index contributed by atoms with van der Waals surface area (Å²) >= 11 is 0. The van der Waals surface area contributed by atoms with E-state index in [9.17, 15) is 13.2 Å². The summed E-state index contributed by atoms with van der Waals surface area (Å²) in [7, 11) is -1.85. The molecule has 0 bridgehead atoms. The zero-order valence-corrected chi connectivity index (χ0v) is 17.8. The zero-order chi connectivity index (χ0) is 21.6. The van der Waals surface area contributed by atoms with Crippen molar-refractivity contribution in [2.24, 2.45) is 0 Å². The SMILES string of the molecule is Cc1ccccc1NS(=O)(=O)c1cccc(C(=O)NCCN(C)c2ccccc2)c1. The first-order valence-corrected chi connectivity index (χ1v) is 11.1. The Kier molecular flexibility index (Phi) is 6.74. The molecule has 0 aliphatic rings. The monoisotopic (exact) mass is 423 g/mol. The van der Waals surface area contributed by atoms with Gasteiger partial charge in [-0.2, -0.15) is 0 Å². The van der Waals surface area contributed by atoms with Gasteiger partial charge in [0.05, 0.1) is 10.6 Å². The number of benzene rings is 3. The first-order chi connectivity index (χ1) is 14.4. The summed E-state index contributed by atoms with van der Waals surface area (Å²) in [5, 5.41) is 2.84. The van der Waals surface area contributed by atoms with E-state index in [4.69, 9.17) is 0 Å². The minimum Gasteiger partial charge on any atom is -0.373 e. The average molecular weight is 424 g/mol. The average Bonchev–Trinajstić information content (AvgIpc) is 2.76. The van der Waals surface area contributed by atoms with Gasteiger partial charge in [0.15, 0.2) is 0 Å². The Labute approximate surface area is 177 Å². The largest absolute Gasteiger partial charge is 0.373 e. The predicted octanol–water partition coefficient (Wildman–Crippen LogP) is 3.66. The van der Waals surface area contributed by atoms with Gasteiger partial charge in [0.25, 0.3) is 15.9 Å². The molecule has 0 saturated carbocycles. The molecule has 0 aliphatic carbocycles. The number of hydrogen-bond acceptors (Lipinski definition) is 4. The van der Waals surface area contributed by atoms with E-state index in [1.165, 1.54) is 12.1 Å². The zero-order valence-electron chi connectivity index (χ0n) is 17.0. The van der Waals surface area contributed by atoms with Gasteiger partial charge in [0, 0.05) is 31.4 Å². The molecule has 3 aromatic carbocycles. The molecule has 0 atom stereocenters. The Morgan fingerprint density at radius 2 is 1.63 bits per heavy atom. The maximum absolute atomic E-state index is 12.7. The molecule has 0 aliphatic heterocycles. The highest BCUT2D eigenvalue weighted by Crippen LogP contribution is 2.20.